The van der Waals surface area contributed by atoms with Crippen LogP contribution in [0.25, 0.3) is 0 Å². The predicted molar refractivity (Wildman–Crippen MR) is 61.6 cm³/mol. The maximum atomic E-state index is 10.5. The van der Waals surface area contributed by atoms with E-state index in [0.29, 0.717) is 13.0 Å². The molecule has 1 fully saturated rings. The van der Waals surface area contributed by atoms with Gasteiger partial charge in [-0.2, -0.15) is 0 Å². The minimum atomic E-state index is -0.798. The van der Waals surface area contributed by atoms with Crippen LogP contribution in [-0.4, -0.2) is 23.8 Å². The van der Waals surface area contributed by atoms with Gasteiger partial charge in [0.15, 0.2) is 6.29 Å². The van der Waals surface area contributed by atoms with Crippen LogP contribution in [0.2, 0.25) is 0 Å². The van der Waals surface area contributed by atoms with Crippen LogP contribution < -0.4 is 0 Å². The van der Waals surface area contributed by atoms with Crippen molar-refractivity contribution in [1.29, 1.82) is 0 Å². The van der Waals surface area contributed by atoms with E-state index in [1.54, 1.807) is 0 Å². The van der Waals surface area contributed by atoms with Crippen molar-refractivity contribution in [1.82, 2.24) is 0 Å². The number of benzene rings is 1. The van der Waals surface area contributed by atoms with Crippen molar-refractivity contribution in [3.8, 4) is 0 Å². The van der Waals surface area contributed by atoms with Crippen LogP contribution in [-0.2, 0) is 14.3 Å². The van der Waals surface area contributed by atoms with Gasteiger partial charge in [0.2, 0.25) is 0 Å². The molecule has 2 atom stereocenters. The monoisotopic (exact) mass is 236 g/mol. The summed E-state index contributed by atoms with van der Waals surface area (Å²) in [5.74, 6) is -0.798. The van der Waals surface area contributed by atoms with E-state index in [9.17, 15) is 4.79 Å². The Morgan fingerprint density at radius 2 is 2.24 bits per heavy atom. The van der Waals surface area contributed by atoms with Crippen LogP contribution in [0.1, 0.15) is 30.3 Å². The lowest BCUT2D eigenvalue weighted by atomic mass is 10.1. The highest BCUT2D eigenvalue weighted by Gasteiger charge is 2.28. The van der Waals surface area contributed by atoms with Crippen molar-refractivity contribution >= 4 is 5.97 Å². The summed E-state index contributed by atoms with van der Waals surface area (Å²) in [5.41, 5.74) is 2.14. The van der Waals surface area contributed by atoms with Crippen molar-refractivity contribution < 1.29 is 19.4 Å². The standard InChI is InChI=1S/C13H16O4/c1-9-4-2-3-5-11(9)13-16-8-10(17-13)6-7-12(14)15/h2-5,10,13H,6-8H2,1H3,(H,14,15). The molecular formula is C13H16O4. The number of carboxylic acids is 1. The van der Waals surface area contributed by atoms with E-state index in [1.807, 2.05) is 31.2 Å². The molecule has 0 bridgehead atoms. The number of aryl methyl sites for hydroxylation is 1. The Hall–Kier alpha value is -1.39. The first-order valence-corrected chi connectivity index (χ1v) is 5.71. The van der Waals surface area contributed by atoms with Gasteiger partial charge in [-0.15, -0.1) is 0 Å². The number of aliphatic carboxylic acids is 1. The molecule has 2 unspecified atom stereocenters. The van der Waals surface area contributed by atoms with E-state index in [4.69, 9.17) is 14.6 Å². The first-order chi connectivity index (χ1) is 8.16. The van der Waals surface area contributed by atoms with E-state index < -0.39 is 5.97 Å². The molecule has 1 aromatic carbocycles. The molecule has 1 aliphatic heterocycles. The summed E-state index contributed by atoms with van der Waals surface area (Å²) in [4.78, 5) is 10.5. The van der Waals surface area contributed by atoms with E-state index in [2.05, 4.69) is 0 Å². The topological polar surface area (TPSA) is 55.8 Å². The molecule has 0 saturated carbocycles. The number of carbonyl (C=O) groups is 1. The molecule has 0 amide bonds. The van der Waals surface area contributed by atoms with Gasteiger partial charge in [0.25, 0.3) is 0 Å². The van der Waals surface area contributed by atoms with Crippen molar-refractivity contribution in [3.63, 3.8) is 0 Å². The number of ether oxygens (including phenoxy) is 2. The molecule has 0 aromatic heterocycles. The maximum Gasteiger partial charge on any atom is 0.303 e. The van der Waals surface area contributed by atoms with Crippen LogP contribution in [0.3, 0.4) is 0 Å². The van der Waals surface area contributed by atoms with Crippen LogP contribution in [0.5, 0.6) is 0 Å². The Labute approximate surface area is 100 Å². The second-order valence-electron chi connectivity index (χ2n) is 4.21. The van der Waals surface area contributed by atoms with Crippen LogP contribution in [0.4, 0.5) is 0 Å². The molecule has 0 radical (unpaired) electrons. The van der Waals surface area contributed by atoms with Crippen molar-refractivity contribution in [2.45, 2.75) is 32.2 Å². The molecule has 4 heteroatoms. The van der Waals surface area contributed by atoms with Gasteiger partial charge in [0.05, 0.1) is 12.7 Å². The first kappa shape index (κ1) is 12.1. The third-order valence-electron chi connectivity index (χ3n) is 2.87. The summed E-state index contributed by atoms with van der Waals surface area (Å²) in [6, 6.07) is 7.89. The number of rotatable bonds is 4. The molecule has 1 saturated heterocycles. The summed E-state index contributed by atoms with van der Waals surface area (Å²) in [6.45, 7) is 2.47. The number of carboxylic acid groups (broad SMARTS) is 1. The minimum Gasteiger partial charge on any atom is -0.481 e. The second kappa shape index (κ2) is 5.29. The highest BCUT2D eigenvalue weighted by atomic mass is 16.7. The van der Waals surface area contributed by atoms with E-state index >= 15 is 0 Å². The molecular weight excluding hydrogens is 220 g/mol. The molecule has 0 aliphatic carbocycles. The Bertz CT molecular complexity index is 402. The fourth-order valence-electron chi connectivity index (χ4n) is 1.90. The summed E-state index contributed by atoms with van der Waals surface area (Å²) in [7, 11) is 0. The Kier molecular flexibility index (Phi) is 3.76. The largest absolute Gasteiger partial charge is 0.481 e. The summed E-state index contributed by atoms with van der Waals surface area (Å²) < 4.78 is 11.2. The lowest BCUT2D eigenvalue weighted by molar-refractivity contribution is -0.138. The number of hydrogen-bond acceptors (Lipinski definition) is 3. The van der Waals surface area contributed by atoms with Crippen molar-refractivity contribution in [2.24, 2.45) is 0 Å². The number of hydrogen-bond donors (Lipinski definition) is 1. The highest BCUT2D eigenvalue weighted by molar-refractivity contribution is 5.66. The normalized spacial score (nSPS) is 23.8. The van der Waals surface area contributed by atoms with Crippen LogP contribution >= 0.6 is 0 Å². The van der Waals surface area contributed by atoms with Gasteiger partial charge in [-0.3, -0.25) is 4.79 Å². The smallest absolute Gasteiger partial charge is 0.303 e. The molecule has 1 aliphatic rings. The second-order valence-corrected chi connectivity index (χ2v) is 4.21. The average molecular weight is 236 g/mol. The van der Waals surface area contributed by atoms with E-state index in [0.717, 1.165) is 11.1 Å². The van der Waals surface area contributed by atoms with E-state index in [1.165, 1.54) is 0 Å². The van der Waals surface area contributed by atoms with Gasteiger partial charge in [-0.25, -0.2) is 0 Å². The van der Waals surface area contributed by atoms with Gasteiger partial charge in [-0.1, -0.05) is 24.3 Å². The fraction of sp³-hybridized carbons (Fsp3) is 0.462. The molecule has 92 valence electrons. The molecule has 4 nitrogen and oxygen atoms in total. The highest BCUT2D eigenvalue weighted by Crippen LogP contribution is 2.30. The minimum absolute atomic E-state index is 0.115. The van der Waals surface area contributed by atoms with Gasteiger partial charge < -0.3 is 14.6 Å². The molecule has 0 spiro atoms. The van der Waals surface area contributed by atoms with E-state index in [-0.39, 0.29) is 18.8 Å². The van der Waals surface area contributed by atoms with Crippen LogP contribution in [0.15, 0.2) is 24.3 Å². The molecule has 2 rings (SSSR count). The predicted octanol–water partition coefficient (Wildman–Crippen LogP) is 2.27. The third kappa shape index (κ3) is 3.05. The van der Waals surface area contributed by atoms with Gasteiger partial charge >= 0.3 is 5.97 Å². The molecule has 17 heavy (non-hydrogen) atoms. The quantitative estimate of drug-likeness (QED) is 0.871. The van der Waals surface area contributed by atoms with Crippen molar-refractivity contribution in [2.75, 3.05) is 6.61 Å². The SMILES string of the molecule is Cc1ccccc1C1OCC(CCC(=O)O)O1. The van der Waals surface area contributed by atoms with Gasteiger partial charge in [0, 0.05) is 12.0 Å². The Balaban J connectivity index is 1.94. The zero-order valence-corrected chi connectivity index (χ0v) is 9.76. The van der Waals surface area contributed by atoms with Crippen LogP contribution in [0, 0.1) is 6.92 Å². The lowest BCUT2D eigenvalue weighted by Crippen LogP contribution is -2.12. The zero-order valence-electron chi connectivity index (χ0n) is 9.76. The zero-order chi connectivity index (χ0) is 12.3. The summed E-state index contributed by atoms with van der Waals surface area (Å²) >= 11 is 0. The molecule has 1 aromatic rings. The van der Waals surface area contributed by atoms with Crippen molar-refractivity contribution in [3.05, 3.63) is 35.4 Å². The maximum absolute atomic E-state index is 10.5. The Morgan fingerprint density at radius 1 is 1.47 bits per heavy atom. The van der Waals surface area contributed by atoms with Gasteiger partial charge in [-0.05, 0) is 18.9 Å². The van der Waals surface area contributed by atoms with Gasteiger partial charge in [0.1, 0.15) is 0 Å². The lowest BCUT2D eigenvalue weighted by Gasteiger charge is -2.13. The molecule has 1 heterocycles. The Morgan fingerprint density at radius 3 is 2.94 bits per heavy atom. The molecule has 1 N–H and O–H groups in total. The summed E-state index contributed by atoms with van der Waals surface area (Å²) in [6.07, 6.45) is 0.150. The first-order valence-electron chi connectivity index (χ1n) is 5.71. The fourth-order valence-corrected chi connectivity index (χ4v) is 1.90. The third-order valence-corrected chi connectivity index (χ3v) is 2.87. The summed E-state index contributed by atoms with van der Waals surface area (Å²) in [5, 5.41) is 8.60. The average Bonchev–Trinajstić information content (AvgIpc) is 2.75.